The molecule has 1 aliphatic rings. The SMILES string of the molecule is CNCC(=O)N1CCC(c2nc(C)cc(Nc3nccs3)n2)C1. The third-order valence-corrected chi connectivity index (χ3v) is 4.46. The lowest BCUT2D eigenvalue weighted by Gasteiger charge is -2.16. The van der Waals surface area contributed by atoms with E-state index >= 15 is 0 Å². The van der Waals surface area contributed by atoms with Gasteiger partial charge in [-0.25, -0.2) is 15.0 Å². The summed E-state index contributed by atoms with van der Waals surface area (Å²) in [6.07, 6.45) is 2.65. The van der Waals surface area contributed by atoms with E-state index in [9.17, 15) is 4.79 Å². The number of rotatable bonds is 5. The van der Waals surface area contributed by atoms with Crippen molar-refractivity contribution >= 4 is 28.2 Å². The summed E-state index contributed by atoms with van der Waals surface area (Å²) in [6, 6.07) is 1.91. The van der Waals surface area contributed by atoms with Crippen LogP contribution in [0.5, 0.6) is 0 Å². The van der Waals surface area contributed by atoms with Gasteiger partial charge in [-0.3, -0.25) is 4.79 Å². The molecule has 0 spiro atoms. The maximum absolute atomic E-state index is 12.0. The lowest BCUT2D eigenvalue weighted by molar-refractivity contribution is -0.129. The largest absolute Gasteiger partial charge is 0.341 e. The van der Waals surface area contributed by atoms with E-state index < -0.39 is 0 Å². The van der Waals surface area contributed by atoms with E-state index in [1.165, 1.54) is 11.3 Å². The number of carbonyl (C=O) groups excluding carboxylic acids is 1. The number of thiazole rings is 1. The van der Waals surface area contributed by atoms with Gasteiger partial charge in [0.15, 0.2) is 5.13 Å². The second kappa shape index (κ2) is 7.01. The van der Waals surface area contributed by atoms with Crippen molar-refractivity contribution in [2.45, 2.75) is 19.3 Å². The van der Waals surface area contributed by atoms with Gasteiger partial charge in [0.25, 0.3) is 0 Å². The molecule has 3 rings (SSSR count). The maximum Gasteiger partial charge on any atom is 0.236 e. The van der Waals surface area contributed by atoms with Gasteiger partial charge in [0.05, 0.1) is 6.54 Å². The summed E-state index contributed by atoms with van der Waals surface area (Å²) in [7, 11) is 1.78. The van der Waals surface area contributed by atoms with Crippen molar-refractivity contribution in [3.63, 3.8) is 0 Å². The summed E-state index contributed by atoms with van der Waals surface area (Å²) in [5.41, 5.74) is 0.911. The van der Waals surface area contributed by atoms with E-state index in [4.69, 9.17) is 0 Å². The molecule has 1 saturated heterocycles. The number of aryl methyl sites for hydroxylation is 1. The Hall–Kier alpha value is -2.06. The van der Waals surface area contributed by atoms with Gasteiger partial charge in [0.1, 0.15) is 11.6 Å². The highest BCUT2D eigenvalue weighted by atomic mass is 32.1. The normalized spacial score (nSPS) is 17.5. The van der Waals surface area contributed by atoms with Crippen LogP contribution in [-0.4, -0.2) is 52.4 Å². The number of nitrogens with zero attached hydrogens (tertiary/aromatic N) is 4. The lowest BCUT2D eigenvalue weighted by Crippen LogP contribution is -2.35. The minimum absolute atomic E-state index is 0.129. The zero-order valence-electron chi connectivity index (χ0n) is 13.2. The fourth-order valence-electron chi connectivity index (χ4n) is 2.69. The fourth-order valence-corrected chi connectivity index (χ4v) is 3.23. The number of hydrogen-bond acceptors (Lipinski definition) is 7. The Morgan fingerprint density at radius 3 is 3.09 bits per heavy atom. The standard InChI is InChI=1S/C15H20N6OS/c1-10-7-12(20-15-17-4-6-23-15)19-14(18-10)11-3-5-21(9-11)13(22)8-16-2/h4,6-7,11,16H,3,5,8-9H2,1-2H3,(H,17,18,19,20). The zero-order valence-corrected chi connectivity index (χ0v) is 14.1. The van der Waals surface area contributed by atoms with Crippen LogP contribution in [0.2, 0.25) is 0 Å². The quantitative estimate of drug-likeness (QED) is 0.864. The Kier molecular flexibility index (Phi) is 4.82. The molecule has 0 saturated carbocycles. The minimum Gasteiger partial charge on any atom is -0.341 e. The first-order chi connectivity index (χ1) is 11.2. The summed E-state index contributed by atoms with van der Waals surface area (Å²) in [6.45, 7) is 3.77. The van der Waals surface area contributed by atoms with Gasteiger partial charge in [-0.1, -0.05) is 0 Å². The van der Waals surface area contributed by atoms with Crippen molar-refractivity contribution in [3.05, 3.63) is 29.2 Å². The first kappa shape index (κ1) is 15.8. The van der Waals surface area contributed by atoms with E-state index in [-0.39, 0.29) is 11.8 Å². The maximum atomic E-state index is 12.0. The fraction of sp³-hybridized carbons (Fsp3) is 0.467. The van der Waals surface area contributed by atoms with Crippen molar-refractivity contribution in [2.75, 3.05) is 32.0 Å². The molecule has 1 unspecified atom stereocenters. The molecule has 7 nitrogen and oxygen atoms in total. The molecular weight excluding hydrogens is 312 g/mol. The van der Waals surface area contributed by atoms with Crippen LogP contribution in [0.25, 0.3) is 0 Å². The third-order valence-electron chi connectivity index (χ3n) is 3.77. The molecule has 0 aliphatic carbocycles. The van der Waals surface area contributed by atoms with Gasteiger partial charge in [0, 0.05) is 42.3 Å². The van der Waals surface area contributed by atoms with Gasteiger partial charge in [-0.15, -0.1) is 11.3 Å². The predicted molar refractivity (Wildman–Crippen MR) is 90.0 cm³/mol. The number of carbonyl (C=O) groups is 1. The van der Waals surface area contributed by atoms with Crippen LogP contribution in [0.3, 0.4) is 0 Å². The molecule has 122 valence electrons. The number of likely N-dealkylation sites (tertiary alicyclic amines) is 1. The first-order valence-electron chi connectivity index (χ1n) is 7.60. The lowest BCUT2D eigenvalue weighted by atomic mass is 10.1. The number of aromatic nitrogens is 3. The van der Waals surface area contributed by atoms with Crippen LogP contribution in [0.15, 0.2) is 17.6 Å². The highest BCUT2D eigenvalue weighted by molar-refractivity contribution is 7.13. The average molecular weight is 332 g/mol. The van der Waals surface area contributed by atoms with Crippen molar-refractivity contribution in [2.24, 2.45) is 0 Å². The van der Waals surface area contributed by atoms with Gasteiger partial charge in [-0.05, 0) is 20.4 Å². The summed E-state index contributed by atoms with van der Waals surface area (Å²) >= 11 is 1.53. The van der Waals surface area contributed by atoms with Crippen molar-refractivity contribution in [3.8, 4) is 0 Å². The molecule has 0 bridgehead atoms. The van der Waals surface area contributed by atoms with E-state index in [1.54, 1.807) is 13.2 Å². The molecule has 1 fully saturated rings. The van der Waals surface area contributed by atoms with Gasteiger partial charge >= 0.3 is 0 Å². The highest BCUT2D eigenvalue weighted by Gasteiger charge is 2.29. The summed E-state index contributed by atoms with van der Waals surface area (Å²) in [5.74, 6) is 1.86. The Balaban J connectivity index is 1.73. The van der Waals surface area contributed by atoms with E-state index in [2.05, 4.69) is 25.6 Å². The number of nitrogens with one attached hydrogen (secondary N) is 2. The van der Waals surface area contributed by atoms with Crippen LogP contribution in [-0.2, 0) is 4.79 Å². The van der Waals surface area contributed by atoms with Gasteiger partial charge < -0.3 is 15.5 Å². The topological polar surface area (TPSA) is 83.0 Å². The summed E-state index contributed by atoms with van der Waals surface area (Å²) in [4.78, 5) is 27.2. The van der Waals surface area contributed by atoms with E-state index in [0.717, 1.165) is 35.4 Å². The molecule has 3 heterocycles. The second-order valence-corrected chi connectivity index (χ2v) is 6.47. The molecule has 2 aromatic heterocycles. The zero-order chi connectivity index (χ0) is 16.2. The smallest absolute Gasteiger partial charge is 0.236 e. The third kappa shape index (κ3) is 3.83. The van der Waals surface area contributed by atoms with Crippen molar-refractivity contribution in [1.29, 1.82) is 0 Å². The first-order valence-corrected chi connectivity index (χ1v) is 8.48. The predicted octanol–water partition coefficient (Wildman–Crippen LogP) is 1.52. The molecular formula is C15H20N6OS. The molecule has 23 heavy (non-hydrogen) atoms. The van der Waals surface area contributed by atoms with Crippen molar-refractivity contribution in [1.82, 2.24) is 25.2 Å². The average Bonchev–Trinajstić information content (AvgIpc) is 3.18. The van der Waals surface area contributed by atoms with E-state index in [0.29, 0.717) is 13.1 Å². The van der Waals surface area contributed by atoms with Gasteiger partial charge in [0.2, 0.25) is 5.91 Å². The van der Waals surface area contributed by atoms with Gasteiger partial charge in [-0.2, -0.15) is 0 Å². The number of anilines is 2. The molecule has 0 radical (unpaired) electrons. The summed E-state index contributed by atoms with van der Waals surface area (Å²) < 4.78 is 0. The van der Waals surface area contributed by atoms with Crippen LogP contribution < -0.4 is 10.6 Å². The Bertz CT molecular complexity index is 675. The molecule has 1 amide bonds. The Morgan fingerprint density at radius 2 is 2.35 bits per heavy atom. The number of likely N-dealkylation sites (N-methyl/N-ethyl adjacent to an activating group) is 1. The second-order valence-electron chi connectivity index (χ2n) is 5.57. The molecule has 1 atom stereocenters. The van der Waals surface area contributed by atoms with Crippen molar-refractivity contribution < 1.29 is 4.79 Å². The molecule has 8 heteroatoms. The highest BCUT2D eigenvalue weighted by Crippen LogP contribution is 2.26. The summed E-state index contributed by atoms with van der Waals surface area (Å²) in [5, 5.41) is 8.84. The molecule has 1 aliphatic heterocycles. The van der Waals surface area contributed by atoms with Crippen LogP contribution in [0.4, 0.5) is 10.9 Å². The van der Waals surface area contributed by atoms with Crippen LogP contribution >= 0.6 is 11.3 Å². The van der Waals surface area contributed by atoms with Crippen LogP contribution in [0.1, 0.15) is 23.9 Å². The molecule has 2 aromatic rings. The monoisotopic (exact) mass is 332 g/mol. The Labute approximate surface area is 139 Å². The Morgan fingerprint density at radius 1 is 1.48 bits per heavy atom. The van der Waals surface area contributed by atoms with E-state index in [1.807, 2.05) is 23.3 Å². The minimum atomic E-state index is 0.129. The number of hydrogen-bond donors (Lipinski definition) is 2. The molecule has 0 aromatic carbocycles. The molecule has 2 N–H and O–H groups in total. The number of amides is 1. The van der Waals surface area contributed by atoms with Crippen LogP contribution in [0, 0.1) is 6.92 Å².